The lowest BCUT2D eigenvalue weighted by atomic mass is 10.1. The molecule has 0 saturated carbocycles. The van der Waals surface area contributed by atoms with Gasteiger partial charge in [0.15, 0.2) is 6.61 Å². The fraction of sp³-hybridized carbons (Fsp3) is 0.333. The molecule has 2 heterocycles. The van der Waals surface area contributed by atoms with Crippen LogP contribution >= 0.6 is 0 Å². The van der Waals surface area contributed by atoms with E-state index in [0.717, 1.165) is 11.1 Å². The van der Waals surface area contributed by atoms with Gasteiger partial charge in [0.25, 0.3) is 5.91 Å². The first kappa shape index (κ1) is 20.4. The second-order valence-corrected chi connectivity index (χ2v) is 9.38. The number of sulfonamides is 1. The normalized spacial score (nSPS) is 17.1. The Morgan fingerprint density at radius 2 is 1.77 bits per heavy atom. The topological polar surface area (TPSA) is 96.0 Å². The summed E-state index contributed by atoms with van der Waals surface area (Å²) in [6, 6.07) is 12.2. The minimum absolute atomic E-state index is 0.00968. The van der Waals surface area contributed by atoms with Crippen LogP contribution in [0.1, 0.15) is 11.1 Å². The number of fused-ring (bicyclic) bond motifs is 1. The largest absolute Gasteiger partial charge is 0.482 e. The van der Waals surface area contributed by atoms with E-state index in [9.17, 15) is 18.0 Å². The molecule has 1 saturated heterocycles. The number of hydrogen-bond donors (Lipinski definition) is 1. The van der Waals surface area contributed by atoms with Crippen LogP contribution in [0.3, 0.4) is 0 Å². The summed E-state index contributed by atoms with van der Waals surface area (Å²) in [5.74, 6) is 0.113. The van der Waals surface area contributed by atoms with Gasteiger partial charge in [-0.2, -0.15) is 4.31 Å². The third kappa shape index (κ3) is 4.17. The SMILES string of the molecule is Cc1ccc(CC(=O)N2CCN(S(=O)(=O)c3ccc4c(c3)NC(=O)CO4)CC2)cc1. The fourth-order valence-corrected chi connectivity index (χ4v) is 4.99. The first-order valence-corrected chi connectivity index (χ1v) is 11.2. The number of rotatable bonds is 4. The zero-order valence-electron chi connectivity index (χ0n) is 16.6. The van der Waals surface area contributed by atoms with Crippen molar-refractivity contribution in [1.29, 1.82) is 0 Å². The molecular formula is C21H23N3O5S. The zero-order chi connectivity index (χ0) is 21.3. The monoisotopic (exact) mass is 429 g/mol. The van der Waals surface area contributed by atoms with E-state index in [1.54, 1.807) is 11.0 Å². The number of amides is 2. The van der Waals surface area contributed by atoms with Crippen LogP contribution in [0.25, 0.3) is 0 Å². The van der Waals surface area contributed by atoms with Gasteiger partial charge in [-0.15, -0.1) is 0 Å². The van der Waals surface area contributed by atoms with E-state index in [0.29, 0.717) is 30.9 Å². The van der Waals surface area contributed by atoms with Gasteiger partial charge in [-0.25, -0.2) is 8.42 Å². The molecule has 2 aliphatic rings. The molecule has 9 heteroatoms. The number of anilines is 1. The summed E-state index contributed by atoms with van der Waals surface area (Å²) in [5.41, 5.74) is 2.43. The predicted octanol–water partition coefficient (Wildman–Crippen LogP) is 1.40. The lowest BCUT2D eigenvalue weighted by molar-refractivity contribution is -0.131. The average Bonchev–Trinajstić information content (AvgIpc) is 2.75. The van der Waals surface area contributed by atoms with E-state index in [4.69, 9.17) is 4.74 Å². The van der Waals surface area contributed by atoms with Crippen molar-refractivity contribution < 1.29 is 22.7 Å². The van der Waals surface area contributed by atoms with Crippen molar-refractivity contribution >= 4 is 27.5 Å². The summed E-state index contributed by atoms with van der Waals surface area (Å²) in [7, 11) is -3.74. The molecular weight excluding hydrogens is 406 g/mol. The molecule has 4 rings (SSSR count). The van der Waals surface area contributed by atoms with Crippen LogP contribution in [0.2, 0.25) is 0 Å². The van der Waals surface area contributed by atoms with Gasteiger partial charge in [-0.05, 0) is 30.7 Å². The van der Waals surface area contributed by atoms with Crippen molar-refractivity contribution in [2.24, 2.45) is 0 Å². The molecule has 0 aromatic heterocycles. The minimum Gasteiger partial charge on any atom is -0.482 e. The molecule has 30 heavy (non-hydrogen) atoms. The molecule has 0 aliphatic carbocycles. The highest BCUT2D eigenvalue weighted by Crippen LogP contribution is 2.31. The summed E-state index contributed by atoms with van der Waals surface area (Å²) in [6.45, 7) is 3.04. The Balaban J connectivity index is 1.40. The van der Waals surface area contributed by atoms with Crippen LogP contribution in [-0.4, -0.2) is 62.2 Å². The molecule has 0 spiro atoms. The van der Waals surface area contributed by atoms with E-state index in [2.05, 4.69) is 5.32 Å². The van der Waals surface area contributed by atoms with Crippen molar-refractivity contribution in [1.82, 2.24) is 9.21 Å². The zero-order valence-corrected chi connectivity index (χ0v) is 17.4. The molecule has 8 nitrogen and oxygen atoms in total. The van der Waals surface area contributed by atoms with E-state index in [-0.39, 0.29) is 36.4 Å². The number of ether oxygens (including phenoxy) is 1. The molecule has 2 aromatic rings. The van der Waals surface area contributed by atoms with Crippen molar-refractivity contribution in [3.63, 3.8) is 0 Å². The van der Waals surface area contributed by atoms with E-state index in [1.807, 2.05) is 31.2 Å². The smallest absolute Gasteiger partial charge is 0.262 e. The Morgan fingerprint density at radius 3 is 2.47 bits per heavy atom. The lowest BCUT2D eigenvalue weighted by Gasteiger charge is -2.34. The number of piperazine rings is 1. The number of carbonyl (C=O) groups is 2. The van der Waals surface area contributed by atoms with E-state index in [1.165, 1.54) is 16.4 Å². The quantitative estimate of drug-likeness (QED) is 0.793. The Morgan fingerprint density at radius 1 is 1.07 bits per heavy atom. The van der Waals surface area contributed by atoms with Gasteiger partial charge in [-0.3, -0.25) is 9.59 Å². The van der Waals surface area contributed by atoms with Crippen molar-refractivity contribution in [2.45, 2.75) is 18.2 Å². The molecule has 2 aliphatic heterocycles. The van der Waals surface area contributed by atoms with Crippen LogP contribution in [0.4, 0.5) is 5.69 Å². The summed E-state index contributed by atoms with van der Waals surface area (Å²) in [6.07, 6.45) is 0.303. The number of aryl methyl sites for hydroxylation is 1. The molecule has 0 atom stereocenters. The van der Waals surface area contributed by atoms with Gasteiger partial charge in [0.05, 0.1) is 17.0 Å². The van der Waals surface area contributed by atoms with Gasteiger partial charge in [0.2, 0.25) is 15.9 Å². The predicted molar refractivity (Wildman–Crippen MR) is 111 cm³/mol. The number of nitrogens with zero attached hydrogens (tertiary/aromatic N) is 2. The first-order valence-electron chi connectivity index (χ1n) is 9.73. The Labute approximate surface area is 175 Å². The van der Waals surface area contributed by atoms with Gasteiger partial charge in [-0.1, -0.05) is 29.8 Å². The number of carbonyl (C=O) groups excluding carboxylic acids is 2. The highest BCUT2D eigenvalue weighted by atomic mass is 32.2. The molecule has 2 aromatic carbocycles. The molecule has 158 valence electrons. The minimum atomic E-state index is -3.74. The van der Waals surface area contributed by atoms with Gasteiger partial charge >= 0.3 is 0 Å². The molecule has 0 unspecified atom stereocenters. The van der Waals surface area contributed by atoms with Gasteiger partial charge < -0.3 is 15.0 Å². The number of hydrogen-bond acceptors (Lipinski definition) is 5. The summed E-state index contributed by atoms with van der Waals surface area (Å²) >= 11 is 0. The maximum atomic E-state index is 13.0. The molecule has 2 amide bonds. The van der Waals surface area contributed by atoms with Crippen molar-refractivity contribution in [3.8, 4) is 5.75 Å². The van der Waals surface area contributed by atoms with Crippen LogP contribution in [0.5, 0.6) is 5.75 Å². The van der Waals surface area contributed by atoms with Crippen molar-refractivity contribution in [2.75, 3.05) is 38.1 Å². The highest BCUT2D eigenvalue weighted by molar-refractivity contribution is 7.89. The Bertz CT molecular complexity index is 1070. The Kier molecular flexibility index (Phi) is 5.48. The maximum Gasteiger partial charge on any atom is 0.262 e. The number of benzene rings is 2. The average molecular weight is 429 g/mol. The van der Waals surface area contributed by atoms with Gasteiger partial charge in [0.1, 0.15) is 5.75 Å². The van der Waals surface area contributed by atoms with E-state index < -0.39 is 10.0 Å². The van der Waals surface area contributed by atoms with Gasteiger partial charge in [0, 0.05) is 26.2 Å². The molecule has 0 bridgehead atoms. The van der Waals surface area contributed by atoms with E-state index >= 15 is 0 Å². The third-order valence-electron chi connectivity index (χ3n) is 5.29. The maximum absolute atomic E-state index is 13.0. The number of nitrogens with one attached hydrogen (secondary N) is 1. The fourth-order valence-electron chi connectivity index (χ4n) is 3.54. The summed E-state index contributed by atoms with van der Waals surface area (Å²) in [4.78, 5) is 25.9. The van der Waals surface area contributed by atoms with Crippen LogP contribution in [0, 0.1) is 6.92 Å². The Hall–Kier alpha value is -2.91. The molecule has 1 N–H and O–H groups in total. The second kappa shape index (κ2) is 8.08. The van der Waals surface area contributed by atoms with Crippen molar-refractivity contribution in [3.05, 3.63) is 53.6 Å². The van der Waals surface area contributed by atoms with Crippen LogP contribution < -0.4 is 10.1 Å². The third-order valence-corrected chi connectivity index (χ3v) is 7.18. The molecule has 1 fully saturated rings. The standard InChI is InChI=1S/C21H23N3O5S/c1-15-2-4-16(5-3-15)12-21(26)23-8-10-24(11-9-23)30(27,28)17-6-7-19-18(13-17)22-20(25)14-29-19/h2-7,13H,8-12,14H2,1H3,(H,22,25). The van der Waals surface area contributed by atoms with Crippen LogP contribution in [-0.2, 0) is 26.0 Å². The lowest BCUT2D eigenvalue weighted by Crippen LogP contribution is -2.50. The summed E-state index contributed by atoms with van der Waals surface area (Å²) in [5, 5.41) is 2.62. The second-order valence-electron chi connectivity index (χ2n) is 7.44. The first-order chi connectivity index (χ1) is 14.3. The summed E-state index contributed by atoms with van der Waals surface area (Å²) < 4.78 is 32.7. The highest BCUT2D eigenvalue weighted by Gasteiger charge is 2.31. The molecule has 0 radical (unpaired) electrons. The van der Waals surface area contributed by atoms with Crippen LogP contribution in [0.15, 0.2) is 47.4 Å².